The number of cyclic esters (lactones) is 1. The van der Waals surface area contributed by atoms with Gasteiger partial charge in [-0.15, -0.1) is 0 Å². The molecule has 0 bridgehead atoms. The monoisotopic (exact) mass is 562 g/mol. The van der Waals surface area contributed by atoms with Crippen molar-refractivity contribution in [3.8, 4) is 6.07 Å². The van der Waals surface area contributed by atoms with Crippen molar-refractivity contribution in [3.05, 3.63) is 58.9 Å². The van der Waals surface area contributed by atoms with Crippen LogP contribution in [-0.4, -0.2) is 74.5 Å². The number of nitriles is 1. The van der Waals surface area contributed by atoms with Crippen LogP contribution in [0.15, 0.2) is 36.5 Å². The molecular weight excluding hydrogens is 528 g/mol. The highest BCUT2D eigenvalue weighted by Crippen LogP contribution is 2.28. The van der Waals surface area contributed by atoms with E-state index in [1.807, 2.05) is 12.1 Å². The number of rotatable bonds is 12. The number of hydrogen-bond donors (Lipinski definition) is 2. The van der Waals surface area contributed by atoms with Gasteiger partial charge in [-0.1, -0.05) is 12.1 Å². The molecular formula is C29H34N6O6. The van der Waals surface area contributed by atoms with Crippen LogP contribution in [0.25, 0.3) is 10.9 Å². The Balaban J connectivity index is 1.65. The van der Waals surface area contributed by atoms with Gasteiger partial charge in [-0.25, -0.2) is 14.8 Å². The molecule has 2 N–H and O–H groups in total. The van der Waals surface area contributed by atoms with Crippen LogP contribution in [0.2, 0.25) is 0 Å². The summed E-state index contributed by atoms with van der Waals surface area (Å²) in [6.45, 7) is 2.38. The Morgan fingerprint density at radius 1 is 1.22 bits per heavy atom. The highest BCUT2D eigenvalue weighted by molar-refractivity contribution is 6.11. The SMILES string of the molecule is COCCCNc1cc(NC(=O)c2cccc3cc(CN4CCCCOC4=O)c(C(OC)OC)nc23)ncc1C#N. The molecule has 4 rings (SSSR count). The molecule has 0 radical (unpaired) electrons. The summed E-state index contributed by atoms with van der Waals surface area (Å²) in [6.07, 6.45) is 2.60. The first-order valence-electron chi connectivity index (χ1n) is 13.3. The minimum absolute atomic E-state index is 0.256. The number of aromatic nitrogens is 2. The molecule has 0 spiro atoms. The normalized spacial score (nSPS) is 13.5. The molecule has 3 heterocycles. The van der Waals surface area contributed by atoms with E-state index in [1.165, 1.54) is 20.4 Å². The number of amides is 2. The molecule has 2 amide bonds. The Kier molecular flexibility index (Phi) is 10.4. The van der Waals surface area contributed by atoms with E-state index < -0.39 is 12.2 Å². The number of carbonyl (C=O) groups is 2. The van der Waals surface area contributed by atoms with Crippen LogP contribution < -0.4 is 10.6 Å². The summed E-state index contributed by atoms with van der Waals surface area (Å²) in [6, 6.07) is 10.9. The van der Waals surface area contributed by atoms with Crippen LogP contribution in [0.1, 0.15) is 52.7 Å². The summed E-state index contributed by atoms with van der Waals surface area (Å²) in [5.74, 6) is -0.143. The largest absolute Gasteiger partial charge is 0.449 e. The summed E-state index contributed by atoms with van der Waals surface area (Å²) in [7, 11) is 4.63. The van der Waals surface area contributed by atoms with Crippen molar-refractivity contribution >= 4 is 34.4 Å². The van der Waals surface area contributed by atoms with Crippen LogP contribution in [0, 0.1) is 11.3 Å². The maximum absolute atomic E-state index is 13.5. The van der Waals surface area contributed by atoms with Crippen LogP contribution in [-0.2, 0) is 25.5 Å². The predicted molar refractivity (Wildman–Crippen MR) is 151 cm³/mol. The molecule has 12 nitrogen and oxygen atoms in total. The highest BCUT2D eigenvalue weighted by atomic mass is 16.7. The van der Waals surface area contributed by atoms with Gasteiger partial charge in [0.2, 0.25) is 6.29 Å². The number of ether oxygens (including phenoxy) is 4. The third-order valence-corrected chi connectivity index (χ3v) is 6.63. The van der Waals surface area contributed by atoms with E-state index in [0.717, 1.165) is 24.8 Å². The summed E-state index contributed by atoms with van der Waals surface area (Å²) < 4.78 is 21.4. The lowest BCUT2D eigenvalue weighted by Crippen LogP contribution is -2.31. The lowest BCUT2D eigenvalue weighted by Gasteiger charge is -2.23. The number of hydrogen-bond acceptors (Lipinski definition) is 10. The van der Waals surface area contributed by atoms with E-state index in [0.29, 0.717) is 59.7 Å². The first-order valence-corrected chi connectivity index (χ1v) is 13.3. The van der Waals surface area contributed by atoms with Gasteiger partial charge in [0.1, 0.15) is 17.6 Å². The predicted octanol–water partition coefficient (Wildman–Crippen LogP) is 4.23. The number of benzene rings is 1. The fourth-order valence-corrected chi connectivity index (χ4v) is 4.57. The standard InChI is InChI=1S/C29H34N6O6/c1-38-12-7-10-31-23-15-24(32-17-21(23)16-30)33-27(36)22-9-6-8-19-14-20(18-35-11-4-5-13-41-29(35)37)26(34-25(19)22)28(39-2)40-3/h6,8-9,14-15,17,28H,4-5,7,10-13,18H2,1-3H3,(H2,31,32,33,36). The van der Waals surface area contributed by atoms with Gasteiger partial charge in [0, 0.05) is 58.7 Å². The average molecular weight is 563 g/mol. The maximum Gasteiger partial charge on any atom is 0.410 e. The molecule has 1 aromatic carbocycles. The summed E-state index contributed by atoms with van der Waals surface area (Å²) in [5, 5.41) is 16.2. The second-order valence-corrected chi connectivity index (χ2v) is 9.41. The van der Waals surface area contributed by atoms with Gasteiger partial charge in [0.05, 0.1) is 35.5 Å². The zero-order valence-corrected chi connectivity index (χ0v) is 23.4. The third-order valence-electron chi connectivity index (χ3n) is 6.63. The van der Waals surface area contributed by atoms with E-state index in [2.05, 4.69) is 21.7 Å². The van der Waals surface area contributed by atoms with Gasteiger partial charge in [0.15, 0.2) is 0 Å². The number of fused-ring (bicyclic) bond motifs is 1. The lowest BCUT2D eigenvalue weighted by molar-refractivity contribution is -0.109. The number of carbonyl (C=O) groups excluding carboxylic acids is 2. The lowest BCUT2D eigenvalue weighted by atomic mass is 10.0. The molecule has 1 aliphatic heterocycles. The van der Waals surface area contributed by atoms with Gasteiger partial charge in [0.25, 0.3) is 5.91 Å². The summed E-state index contributed by atoms with van der Waals surface area (Å²) >= 11 is 0. The van der Waals surface area contributed by atoms with E-state index in [9.17, 15) is 14.9 Å². The number of nitrogens with zero attached hydrogens (tertiary/aromatic N) is 4. The van der Waals surface area contributed by atoms with Gasteiger partial charge in [-0.05, 0) is 37.0 Å². The van der Waals surface area contributed by atoms with Crippen LogP contribution in [0.5, 0.6) is 0 Å². The minimum atomic E-state index is -0.819. The molecule has 1 aliphatic rings. The number of para-hydroxylation sites is 1. The minimum Gasteiger partial charge on any atom is -0.449 e. The van der Waals surface area contributed by atoms with E-state index in [4.69, 9.17) is 23.9 Å². The van der Waals surface area contributed by atoms with Gasteiger partial charge < -0.3 is 34.5 Å². The zero-order valence-electron chi connectivity index (χ0n) is 23.4. The quantitative estimate of drug-likeness (QED) is 0.243. The molecule has 1 saturated heterocycles. The van der Waals surface area contributed by atoms with Crippen molar-refractivity contribution in [2.24, 2.45) is 0 Å². The number of pyridine rings is 2. The Morgan fingerprint density at radius 3 is 2.80 bits per heavy atom. The van der Waals surface area contributed by atoms with Crippen LogP contribution in [0.3, 0.4) is 0 Å². The Bertz CT molecular complexity index is 1420. The second-order valence-electron chi connectivity index (χ2n) is 9.41. The average Bonchev–Trinajstić information content (AvgIpc) is 3.19. The van der Waals surface area contributed by atoms with Gasteiger partial charge in [-0.2, -0.15) is 5.26 Å². The summed E-state index contributed by atoms with van der Waals surface area (Å²) in [5.41, 5.74) is 2.86. The molecule has 41 heavy (non-hydrogen) atoms. The van der Waals surface area contributed by atoms with Crippen molar-refractivity contribution in [1.29, 1.82) is 5.26 Å². The first-order chi connectivity index (χ1) is 20.0. The Labute approximate surface area is 238 Å². The fraction of sp³-hybridized carbons (Fsp3) is 0.414. The van der Waals surface area contributed by atoms with Crippen molar-refractivity contribution in [2.45, 2.75) is 32.1 Å². The molecule has 12 heteroatoms. The van der Waals surface area contributed by atoms with Crippen molar-refractivity contribution < 1.29 is 28.5 Å². The topological polar surface area (TPSA) is 148 Å². The molecule has 2 aromatic heterocycles. The molecule has 1 fully saturated rings. The summed E-state index contributed by atoms with van der Waals surface area (Å²) in [4.78, 5) is 36.7. The molecule has 0 saturated carbocycles. The highest BCUT2D eigenvalue weighted by Gasteiger charge is 2.25. The molecule has 0 aliphatic carbocycles. The van der Waals surface area contributed by atoms with Crippen LogP contribution >= 0.6 is 0 Å². The molecule has 0 atom stereocenters. The second kappa shape index (κ2) is 14.4. The Hall–Kier alpha value is -4.31. The van der Waals surface area contributed by atoms with Crippen molar-refractivity contribution in [3.63, 3.8) is 0 Å². The van der Waals surface area contributed by atoms with Crippen molar-refractivity contribution in [2.75, 3.05) is 58.3 Å². The number of methoxy groups -OCH3 is 3. The first kappa shape index (κ1) is 29.7. The van der Waals surface area contributed by atoms with Crippen LogP contribution in [0.4, 0.5) is 16.3 Å². The number of nitrogens with one attached hydrogen (secondary N) is 2. The molecule has 3 aromatic rings. The van der Waals surface area contributed by atoms with E-state index >= 15 is 0 Å². The van der Waals surface area contributed by atoms with Gasteiger partial charge in [-0.3, -0.25) is 4.79 Å². The number of anilines is 2. The third kappa shape index (κ3) is 7.26. The maximum atomic E-state index is 13.5. The van der Waals surface area contributed by atoms with E-state index in [1.54, 1.807) is 30.2 Å². The fourth-order valence-electron chi connectivity index (χ4n) is 4.57. The Morgan fingerprint density at radius 2 is 2.05 bits per heavy atom. The molecule has 216 valence electrons. The molecule has 0 unspecified atom stereocenters. The van der Waals surface area contributed by atoms with E-state index in [-0.39, 0.29) is 18.5 Å². The smallest absolute Gasteiger partial charge is 0.410 e. The van der Waals surface area contributed by atoms with Gasteiger partial charge >= 0.3 is 6.09 Å². The zero-order chi connectivity index (χ0) is 29.2. The van der Waals surface area contributed by atoms with Crippen molar-refractivity contribution in [1.82, 2.24) is 14.9 Å².